The van der Waals surface area contributed by atoms with Gasteiger partial charge in [-0.2, -0.15) is 5.10 Å². The summed E-state index contributed by atoms with van der Waals surface area (Å²) in [6, 6.07) is 19.7. The van der Waals surface area contributed by atoms with Gasteiger partial charge in [-0.3, -0.25) is 0 Å². The van der Waals surface area contributed by atoms with Crippen molar-refractivity contribution in [1.29, 1.82) is 0 Å². The lowest BCUT2D eigenvalue weighted by atomic mass is 10.0. The molecule has 30 heavy (non-hydrogen) atoms. The van der Waals surface area contributed by atoms with Crippen molar-refractivity contribution in [3.63, 3.8) is 0 Å². The van der Waals surface area contributed by atoms with Crippen molar-refractivity contribution >= 4 is 5.69 Å². The summed E-state index contributed by atoms with van der Waals surface area (Å²) >= 11 is 0. The number of aryl methyl sites for hydroxylation is 1. The quantitative estimate of drug-likeness (QED) is 0.615. The molecular weight excluding hydrogens is 379 g/mol. The molecule has 6 heteroatoms. The molecule has 0 aliphatic carbocycles. The number of piperazine rings is 1. The van der Waals surface area contributed by atoms with Crippen LogP contribution >= 0.6 is 0 Å². The van der Waals surface area contributed by atoms with Crippen molar-refractivity contribution in [3.05, 3.63) is 78.4 Å². The summed E-state index contributed by atoms with van der Waals surface area (Å²) < 4.78 is 20.7. The van der Waals surface area contributed by atoms with E-state index in [1.54, 1.807) is 7.11 Å². The minimum atomic E-state index is -0.201. The highest BCUT2D eigenvalue weighted by atomic mass is 19.1. The molecule has 1 fully saturated rings. The second-order valence-electron chi connectivity index (χ2n) is 7.82. The summed E-state index contributed by atoms with van der Waals surface area (Å²) in [6.07, 6.45) is 5.05. The highest BCUT2D eigenvalue weighted by Crippen LogP contribution is 2.23. The molecule has 0 bridgehead atoms. The minimum absolute atomic E-state index is 0.201. The maximum absolute atomic E-state index is 13.4. The van der Waals surface area contributed by atoms with Crippen LogP contribution in [0.1, 0.15) is 18.5 Å². The molecule has 3 aromatic rings. The number of benzene rings is 2. The van der Waals surface area contributed by atoms with Gasteiger partial charge in [0, 0.05) is 44.2 Å². The molecule has 1 N–H and O–H groups in total. The molecule has 158 valence electrons. The molecule has 0 spiro atoms. The number of para-hydroxylation sites is 1. The Morgan fingerprint density at radius 2 is 1.87 bits per heavy atom. The smallest absolute Gasteiger partial charge is 0.123 e. The SMILES string of the molecule is COCC1CN(c2ccc(F)cc2)C(CCCc2ccn(-c3ccccc3)n2)CN1. The summed E-state index contributed by atoms with van der Waals surface area (Å²) in [5.41, 5.74) is 3.25. The van der Waals surface area contributed by atoms with E-state index in [0.717, 1.165) is 49.4 Å². The topological polar surface area (TPSA) is 42.3 Å². The Labute approximate surface area is 177 Å². The van der Waals surface area contributed by atoms with Crippen molar-refractivity contribution in [3.8, 4) is 5.69 Å². The van der Waals surface area contributed by atoms with Crippen LogP contribution in [0.3, 0.4) is 0 Å². The molecular formula is C24H29FN4O. The lowest BCUT2D eigenvalue weighted by Crippen LogP contribution is -2.58. The molecule has 0 amide bonds. The maximum Gasteiger partial charge on any atom is 0.123 e. The summed E-state index contributed by atoms with van der Waals surface area (Å²) in [7, 11) is 1.73. The van der Waals surface area contributed by atoms with Crippen LogP contribution in [-0.2, 0) is 11.2 Å². The van der Waals surface area contributed by atoms with Crippen molar-refractivity contribution < 1.29 is 9.13 Å². The molecule has 2 atom stereocenters. The molecule has 0 saturated carbocycles. The van der Waals surface area contributed by atoms with Gasteiger partial charge in [0.1, 0.15) is 5.82 Å². The van der Waals surface area contributed by atoms with Gasteiger partial charge in [-0.25, -0.2) is 9.07 Å². The second-order valence-corrected chi connectivity index (χ2v) is 7.82. The van der Waals surface area contributed by atoms with Crippen molar-refractivity contribution in [2.24, 2.45) is 0 Å². The van der Waals surface area contributed by atoms with Crippen LogP contribution in [0.4, 0.5) is 10.1 Å². The fraction of sp³-hybridized carbons (Fsp3) is 0.375. The molecule has 1 aliphatic heterocycles. The van der Waals surface area contributed by atoms with E-state index in [9.17, 15) is 4.39 Å². The monoisotopic (exact) mass is 408 g/mol. The normalized spacial score (nSPS) is 19.2. The number of hydrogen-bond donors (Lipinski definition) is 1. The Kier molecular flexibility index (Phi) is 6.77. The largest absolute Gasteiger partial charge is 0.383 e. The first kappa shape index (κ1) is 20.6. The standard InChI is InChI=1S/C24H29FN4O/c1-30-18-21-17-28(22-12-10-19(25)11-13-22)24(16-26-21)9-5-6-20-14-15-29(27-20)23-7-3-2-4-8-23/h2-4,7-8,10-15,21,24,26H,5-6,9,16-18H2,1H3. The molecule has 4 rings (SSSR count). The van der Waals surface area contributed by atoms with Crippen molar-refractivity contribution in [2.75, 3.05) is 31.7 Å². The van der Waals surface area contributed by atoms with E-state index in [2.05, 4.69) is 28.4 Å². The zero-order chi connectivity index (χ0) is 20.8. The minimum Gasteiger partial charge on any atom is -0.383 e. The van der Waals surface area contributed by atoms with Gasteiger partial charge >= 0.3 is 0 Å². The van der Waals surface area contributed by atoms with E-state index in [4.69, 9.17) is 9.84 Å². The number of aromatic nitrogens is 2. The predicted octanol–water partition coefficient (Wildman–Crippen LogP) is 3.83. The molecule has 1 saturated heterocycles. The third kappa shape index (κ3) is 5.07. The lowest BCUT2D eigenvalue weighted by Gasteiger charge is -2.42. The van der Waals surface area contributed by atoms with E-state index < -0.39 is 0 Å². The number of methoxy groups -OCH3 is 1. The fourth-order valence-corrected chi connectivity index (χ4v) is 4.12. The molecule has 2 unspecified atom stereocenters. The highest BCUT2D eigenvalue weighted by molar-refractivity contribution is 5.48. The average molecular weight is 409 g/mol. The van der Waals surface area contributed by atoms with Crippen LogP contribution in [0, 0.1) is 5.82 Å². The van der Waals surface area contributed by atoms with E-state index in [1.807, 2.05) is 41.2 Å². The molecule has 0 radical (unpaired) electrons. The summed E-state index contributed by atoms with van der Waals surface area (Å²) in [5.74, 6) is -0.201. The number of halogens is 1. The first-order valence-electron chi connectivity index (χ1n) is 10.6. The van der Waals surface area contributed by atoms with Gasteiger partial charge in [-0.1, -0.05) is 18.2 Å². The van der Waals surface area contributed by atoms with Crippen molar-refractivity contribution in [2.45, 2.75) is 31.3 Å². The molecule has 1 aliphatic rings. The summed E-state index contributed by atoms with van der Waals surface area (Å²) in [5, 5.41) is 8.31. The Morgan fingerprint density at radius 3 is 2.63 bits per heavy atom. The number of rotatable bonds is 8. The Hall–Kier alpha value is -2.70. The number of nitrogens with zero attached hydrogens (tertiary/aromatic N) is 3. The highest BCUT2D eigenvalue weighted by Gasteiger charge is 2.27. The molecule has 2 heterocycles. The molecule has 1 aromatic heterocycles. The number of nitrogens with one attached hydrogen (secondary N) is 1. The lowest BCUT2D eigenvalue weighted by molar-refractivity contribution is 0.157. The summed E-state index contributed by atoms with van der Waals surface area (Å²) in [6.45, 7) is 2.41. The number of ether oxygens (including phenoxy) is 1. The van der Waals surface area contributed by atoms with Crippen LogP contribution in [0.25, 0.3) is 5.69 Å². The summed E-state index contributed by atoms with van der Waals surface area (Å²) in [4.78, 5) is 2.39. The van der Waals surface area contributed by atoms with Gasteiger partial charge in [-0.15, -0.1) is 0 Å². The maximum atomic E-state index is 13.4. The van der Waals surface area contributed by atoms with Gasteiger partial charge in [0.15, 0.2) is 0 Å². The van der Waals surface area contributed by atoms with Crippen LogP contribution in [0.5, 0.6) is 0 Å². The van der Waals surface area contributed by atoms with Crippen molar-refractivity contribution in [1.82, 2.24) is 15.1 Å². The van der Waals surface area contributed by atoms with E-state index >= 15 is 0 Å². The number of hydrogen-bond acceptors (Lipinski definition) is 4. The second kappa shape index (κ2) is 9.87. The third-order valence-corrected chi connectivity index (χ3v) is 5.66. The third-order valence-electron chi connectivity index (χ3n) is 5.66. The van der Waals surface area contributed by atoms with Gasteiger partial charge in [0.2, 0.25) is 0 Å². The Morgan fingerprint density at radius 1 is 1.07 bits per heavy atom. The Bertz CT molecular complexity index is 912. The van der Waals surface area contributed by atoms with Crippen LogP contribution in [0.15, 0.2) is 66.9 Å². The van der Waals surface area contributed by atoms with Crippen LogP contribution in [-0.4, -0.2) is 48.7 Å². The predicted molar refractivity (Wildman–Crippen MR) is 118 cm³/mol. The van der Waals surface area contributed by atoms with E-state index in [-0.39, 0.29) is 11.9 Å². The first-order chi connectivity index (χ1) is 14.7. The first-order valence-corrected chi connectivity index (χ1v) is 10.6. The van der Waals surface area contributed by atoms with E-state index in [0.29, 0.717) is 12.6 Å². The van der Waals surface area contributed by atoms with Gasteiger partial charge in [-0.05, 0) is 61.7 Å². The van der Waals surface area contributed by atoms with E-state index in [1.165, 1.54) is 12.1 Å². The zero-order valence-electron chi connectivity index (χ0n) is 17.4. The Balaban J connectivity index is 1.37. The fourth-order valence-electron chi connectivity index (χ4n) is 4.12. The zero-order valence-corrected chi connectivity index (χ0v) is 17.4. The van der Waals surface area contributed by atoms with Crippen LogP contribution < -0.4 is 10.2 Å². The van der Waals surface area contributed by atoms with Gasteiger partial charge in [0.25, 0.3) is 0 Å². The van der Waals surface area contributed by atoms with Crippen LogP contribution in [0.2, 0.25) is 0 Å². The average Bonchev–Trinajstić information content (AvgIpc) is 3.25. The van der Waals surface area contributed by atoms with Gasteiger partial charge < -0.3 is 15.0 Å². The molecule has 2 aromatic carbocycles. The molecule has 5 nitrogen and oxygen atoms in total. The van der Waals surface area contributed by atoms with Gasteiger partial charge in [0.05, 0.1) is 18.0 Å². The number of anilines is 1.